The third kappa shape index (κ3) is 2.45. The van der Waals surface area contributed by atoms with Crippen molar-refractivity contribution < 1.29 is 8.42 Å². The van der Waals surface area contributed by atoms with E-state index in [1.165, 1.54) is 4.31 Å². The number of hydrogen-bond donors (Lipinski definition) is 0. The number of nitrogens with zero attached hydrogens (tertiary/aromatic N) is 1. The molecular formula is C9H15NO2S. The minimum Gasteiger partial charge on any atom is -0.212 e. The molecule has 0 N–H and O–H groups in total. The van der Waals surface area contributed by atoms with Crippen LogP contribution in [-0.2, 0) is 10.0 Å². The van der Waals surface area contributed by atoms with Crippen molar-refractivity contribution >= 4 is 10.0 Å². The van der Waals surface area contributed by atoms with Crippen LogP contribution < -0.4 is 0 Å². The summed E-state index contributed by atoms with van der Waals surface area (Å²) < 4.78 is 24.6. The van der Waals surface area contributed by atoms with Crippen LogP contribution in [0.25, 0.3) is 0 Å². The smallest absolute Gasteiger partial charge is 0.212 e. The van der Waals surface area contributed by atoms with Crippen molar-refractivity contribution in [3.63, 3.8) is 0 Å². The monoisotopic (exact) mass is 201 g/mol. The Hall–Kier alpha value is -0.530. The molecule has 0 amide bonds. The molecule has 1 unspecified atom stereocenters. The van der Waals surface area contributed by atoms with Crippen molar-refractivity contribution in [3.05, 3.63) is 0 Å². The van der Waals surface area contributed by atoms with Crippen LogP contribution in [-0.4, -0.2) is 31.1 Å². The lowest BCUT2D eigenvalue weighted by molar-refractivity contribution is 0.320. The molecule has 0 aliphatic carbocycles. The second-order valence-electron chi connectivity index (χ2n) is 3.39. The maximum Gasteiger partial charge on any atom is 0.214 e. The highest BCUT2D eigenvalue weighted by molar-refractivity contribution is 7.89. The van der Waals surface area contributed by atoms with Crippen molar-refractivity contribution in [3.8, 4) is 12.3 Å². The highest BCUT2D eigenvalue weighted by Gasteiger charge is 2.29. The van der Waals surface area contributed by atoms with Crippen molar-refractivity contribution in [2.75, 3.05) is 12.3 Å². The number of sulfonamides is 1. The number of terminal acetylenes is 1. The zero-order chi connectivity index (χ0) is 9.90. The lowest BCUT2D eigenvalue weighted by Crippen LogP contribution is -2.43. The molecule has 0 aromatic carbocycles. The van der Waals surface area contributed by atoms with E-state index in [2.05, 4.69) is 5.92 Å². The van der Waals surface area contributed by atoms with E-state index in [-0.39, 0.29) is 11.8 Å². The maximum atomic E-state index is 11.6. The second-order valence-corrected chi connectivity index (χ2v) is 5.43. The normalized spacial score (nSPS) is 24.9. The fraction of sp³-hybridized carbons (Fsp3) is 0.778. The Bertz CT molecular complexity index is 302. The molecule has 1 fully saturated rings. The Morgan fingerprint density at radius 1 is 1.54 bits per heavy atom. The van der Waals surface area contributed by atoms with Gasteiger partial charge in [0, 0.05) is 19.0 Å². The average molecular weight is 201 g/mol. The quantitative estimate of drug-likeness (QED) is 0.620. The first-order chi connectivity index (χ1) is 6.08. The molecule has 74 valence electrons. The summed E-state index contributed by atoms with van der Waals surface area (Å²) in [6.07, 6.45) is 7.38. The van der Waals surface area contributed by atoms with Crippen LogP contribution in [0.3, 0.4) is 0 Å². The zero-order valence-electron chi connectivity index (χ0n) is 7.86. The first kappa shape index (κ1) is 10.6. The summed E-state index contributed by atoms with van der Waals surface area (Å²) in [6.45, 7) is 2.49. The summed E-state index contributed by atoms with van der Waals surface area (Å²) in [4.78, 5) is 0. The summed E-state index contributed by atoms with van der Waals surface area (Å²) in [5.74, 6) is 2.78. The van der Waals surface area contributed by atoms with Gasteiger partial charge in [-0.3, -0.25) is 0 Å². The lowest BCUT2D eigenvalue weighted by Gasteiger charge is -2.30. The van der Waals surface area contributed by atoms with Gasteiger partial charge in [-0.2, -0.15) is 4.31 Å². The summed E-state index contributed by atoms with van der Waals surface area (Å²) in [5, 5.41) is 0. The van der Waals surface area contributed by atoms with E-state index in [1.807, 2.05) is 6.92 Å². The minimum atomic E-state index is -3.01. The fourth-order valence-electron chi connectivity index (χ4n) is 1.58. The summed E-state index contributed by atoms with van der Waals surface area (Å²) in [5.41, 5.74) is 0. The van der Waals surface area contributed by atoms with Crippen LogP contribution >= 0.6 is 0 Å². The summed E-state index contributed by atoms with van der Waals surface area (Å²) in [7, 11) is -3.01. The molecule has 1 aliphatic heterocycles. The Balaban J connectivity index is 2.72. The molecule has 1 atom stereocenters. The van der Waals surface area contributed by atoms with Gasteiger partial charge in [0.25, 0.3) is 0 Å². The van der Waals surface area contributed by atoms with E-state index in [1.54, 1.807) is 0 Å². The molecule has 0 radical (unpaired) electrons. The molecule has 1 heterocycles. The lowest BCUT2D eigenvalue weighted by atomic mass is 10.2. The van der Waals surface area contributed by atoms with Crippen LogP contribution in [0.15, 0.2) is 0 Å². The second kappa shape index (κ2) is 4.12. The van der Waals surface area contributed by atoms with Gasteiger partial charge >= 0.3 is 0 Å². The van der Waals surface area contributed by atoms with Gasteiger partial charge in [0.05, 0.1) is 5.75 Å². The van der Waals surface area contributed by atoms with Gasteiger partial charge in [-0.05, 0) is 19.8 Å². The van der Waals surface area contributed by atoms with Gasteiger partial charge in [-0.25, -0.2) is 8.42 Å². The largest absolute Gasteiger partial charge is 0.214 e. The van der Waals surface area contributed by atoms with Gasteiger partial charge in [0.15, 0.2) is 0 Å². The minimum absolute atomic E-state index is 0.0460. The van der Waals surface area contributed by atoms with E-state index >= 15 is 0 Å². The molecule has 1 saturated heterocycles. The fourth-order valence-corrected chi connectivity index (χ4v) is 3.41. The molecule has 0 aromatic rings. The van der Waals surface area contributed by atoms with Gasteiger partial charge in [-0.1, -0.05) is 0 Å². The summed E-state index contributed by atoms with van der Waals surface area (Å²) >= 11 is 0. The predicted octanol–water partition coefficient (Wildman–Crippen LogP) is 0.824. The van der Waals surface area contributed by atoms with Crippen LogP contribution in [0, 0.1) is 12.3 Å². The third-order valence-corrected chi connectivity index (χ3v) is 4.35. The molecular weight excluding hydrogens is 186 g/mol. The molecule has 0 aromatic heterocycles. The Morgan fingerprint density at radius 3 is 2.77 bits per heavy atom. The standard InChI is InChI=1S/C9H15NO2S/c1-3-6-9(2)10-7-4-5-8-13(10,11)12/h1,9H,4-8H2,2H3. The maximum absolute atomic E-state index is 11.6. The van der Waals surface area contributed by atoms with Crippen LogP contribution in [0.4, 0.5) is 0 Å². The molecule has 3 nitrogen and oxygen atoms in total. The van der Waals surface area contributed by atoms with Crippen molar-refractivity contribution in [2.24, 2.45) is 0 Å². The van der Waals surface area contributed by atoms with Crippen molar-refractivity contribution in [1.82, 2.24) is 4.31 Å². The highest BCUT2D eigenvalue weighted by atomic mass is 32.2. The van der Waals surface area contributed by atoms with E-state index in [9.17, 15) is 8.42 Å². The average Bonchev–Trinajstić information content (AvgIpc) is 2.03. The van der Waals surface area contributed by atoms with Crippen LogP contribution in [0.1, 0.15) is 26.2 Å². The molecule has 0 bridgehead atoms. The van der Waals surface area contributed by atoms with Crippen LogP contribution in [0.2, 0.25) is 0 Å². The summed E-state index contributed by atoms with van der Waals surface area (Å²) in [6, 6.07) is -0.0460. The van der Waals surface area contributed by atoms with E-state index in [4.69, 9.17) is 6.42 Å². The Morgan fingerprint density at radius 2 is 2.23 bits per heavy atom. The molecule has 0 saturated carbocycles. The van der Waals surface area contributed by atoms with Gasteiger partial charge < -0.3 is 0 Å². The molecule has 13 heavy (non-hydrogen) atoms. The van der Waals surface area contributed by atoms with Gasteiger partial charge in [-0.15, -0.1) is 12.3 Å². The van der Waals surface area contributed by atoms with Crippen molar-refractivity contribution in [2.45, 2.75) is 32.2 Å². The van der Waals surface area contributed by atoms with Crippen molar-refractivity contribution in [1.29, 1.82) is 0 Å². The Labute approximate surface area is 80.2 Å². The number of hydrogen-bond acceptors (Lipinski definition) is 2. The Kier molecular flexibility index (Phi) is 3.34. The number of rotatable bonds is 2. The first-order valence-corrected chi connectivity index (χ1v) is 6.12. The molecule has 1 rings (SSSR count). The molecule has 4 heteroatoms. The highest BCUT2D eigenvalue weighted by Crippen LogP contribution is 2.17. The SMILES string of the molecule is C#CCC(C)N1CCCCS1(=O)=O. The van der Waals surface area contributed by atoms with Crippen LogP contribution in [0.5, 0.6) is 0 Å². The molecule has 0 spiro atoms. The first-order valence-electron chi connectivity index (χ1n) is 4.51. The van der Waals surface area contributed by atoms with Gasteiger partial charge in [0.2, 0.25) is 10.0 Å². The predicted molar refractivity (Wildman–Crippen MR) is 52.6 cm³/mol. The van der Waals surface area contributed by atoms with Gasteiger partial charge in [0.1, 0.15) is 0 Å². The molecule has 1 aliphatic rings. The topological polar surface area (TPSA) is 37.4 Å². The van der Waals surface area contributed by atoms with E-state index in [0.29, 0.717) is 13.0 Å². The third-order valence-electron chi connectivity index (χ3n) is 2.29. The van der Waals surface area contributed by atoms with E-state index < -0.39 is 10.0 Å². The zero-order valence-corrected chi connectivity index (χ0v) is 8.68. The van der Waals surface area contributed by atoms with E-state index in [0.717, 1.165) is 12.8 Å².